The maximum atomic E-state index is 5.72. The fraction of sp³-hybridized carbons (Fsp3) is 0.0833. The number of anilines is 2. The van der Waals surface area contributed by atoms with Crippen molar-refractivity contribution in [2.75, 3.05) is 5.32 Å². The fourth-order valence-electron chi connectivity index (χ4n) is 1.29. The van der Waals surface area contributed by atoms with Gasteiger partial charge in [-0.15, -0.1) is 11.6 Å². The number of nitrogens with one attached hydrogen (secondary N) is 1. The number of hydrogen-bond acceptors (Lipinski definition) is 2. The molecule has 1 aromatic heterocycles. The van der Waals surface area contributed by atoms with Gasteiger partial charge in [-0.1, -0.05) is 12.1 Å². The van der Waals surface area contributed by atoms with Gasteiger partial charge in [0.25, 0.3) is 0 Å². The molecule has 2 nitrogen and oxygen atoms in total. The lowest BCUT2D eigenvalue weighted by Gasteiger charge is -2.07. The van der Waals surface area contributed by atoms with Gasteiger partial charge in [0.2, 0.25) is 0 Å². The summed E-state index contributed by atoms with van der Waals surface area (Å²) in [5.41, 5.74) is 2.10. The first kappa shape index (κ1) is 11.4. The van der Waals surface area contributed by atoms with E-state index in [1.807, 2.05) is 36.4 Å². The molecule has 0 bridgehead atoms. The Kier molecular flexibility index (Phi) is 3.80. The third kappa shape index (κ3) is 2.74. The van der Waals surface area contributed by atoms with Crippen LogP contribution in [0.5, 0.6) is 0 Å². The summed E-state index contributed by atoms with van der Waals surface area (Å²) in [6.07, 6.45) is 1.75. The fourth-order valence-corrected chi connectivity index (χ4v) is 1.82. The normalized spacial score (nSPS) is 10.1. The number of hydrogen-bond donors (Lipinski definition) is 1. The number of pyridine rings is 1. The van der Waals surface area contributed by atoms with Crippen LogP contribution in [-0.2, 0) is 5.88 Å². The zero-order chi connectivity index (χ0) is 11.4. The monoisotopic (exact) mass is 296 g/mol. The van der Waals surface area contributed by atoms with E-state index in [-0.39, 0.29) is 0 Å². The molecule has 4 heteroatoms. The third-order valence-electron chi connectivity index (χ3n) is 2.13. The minimum Gasteiger partial charge on any atom is -0.339 e. The van der Waals surface area contributed by atoms with Crippen molar-refractivity contribution < 1.29 is 0 Å². The van der Waals surface area contributed by atoms with Crippen molar-refractivity contribution in [2.45, 2.75) is 5.88 Å². The zero-order valence-corrected chi connectivity index (χ0v) is 10.8. The molecule has 0 atom stereocenters. The van der Waals surface area contributed by atoms with Crippen molar-refractivity contribution >= 4 is 39.0 Å². The van der Waals surface area contributed by atoms with Gasteiger partial charge in [0.1, 0.15) is 5.82 Å². The molecule has 1 aromatic carbocycles. The lowest BCUT2D eigenvalue weighted by molar-refractivity contribution is 1.29. The van der Waals surface area contributed by atoms with E-state index in [9.17, 15) is 0 Å². The van der Waals surface area contributed by atoms with Crippen LogP contribution >= 0.6 is 27.5 Å². The van der Waals surface area contributed by atoms with Crippen LogP contribution in [0, 0.1) is 0 Å². The summed E-state index contributed by atoms with van der Waals surface area (Å²) in [5.74, 6) is 1.34. The lowest BCUT2D eigenvalue weighted by atomic mass is 10.2. The molecule has 2 rings (SSSR count). The SMILES string of the molecule is ClCc1ccc(Nc2ncccc2Br)cc1. The maximum absolute atomic E-state index is 5.72. The molecule has 0 spiro atoms. The maximum Gasteiger partial charge on any atom is 0.144 e. The van der Waals surface area contributed by atoms with Crippen LogP contribution in [0.4, 0.5) is 11.5 Å². The first-order chi connectivity index (χ1) is 7.79. The van der Waals surface area contributed by atoms with Gasteiger partial charge in [0.05, 0.1) is 4.47 Å². The molecule has 0 saturated carbocycles. The van der Waals surface area contributed by atoms with Crippen molar-refractivity contribution in [1.29, 1.82) is 0 Å². The Morgan fingerprint density at radius 2 is 1.94 bits per heavy atom. The molecule has 0 aliphatic heterocycles. The smallest absolute Gasteiger partial charge is 0.144 e. The molecule has 1 N–H and O–H groups in total. The molecular formula is C12H10BrClN2. The van der Waals surface area contributed by atoms with Gasteiger partial charge >= 0.3 is 0 Å². The summed E-state index contributed by atoms with van der Waals surface area (Å²) in [6.45, 7) is 0. The van der Waals surface area contributed by atoms with E-state index >= 15 is 0 Å². The highest BCUT2D eigenvalue weighted by Crippen LogP contribution is 2.23. The second-order valence-electron chi connectivity index (χ2n) is 3.29. The molecule has 0 aliphatic carbocycles. The predicted octanol–water partition coefficient (Wildman–Crippen LogP) is 4.33. The highest BCUT2D eigenvalue weighted by atomic mass is 79.9. The van der Waals surface area contributed by atoms with Crippen LogP contribution in [0.2, 0.25) is 0 Å². The van der Waals surface area contributed by atoms with Crippen LogP contribution in [0.3, 0.4) is 0 Å². The summed E-state index contributed by atoms with van der Waals surface area (Å²) in [6, 6.07) is 11.8. The quantitative estimate of drug-likeness (QED) is 0.853. The van der Waals surface area contributed by atoms with E-state index in [1.54, 1.807) is 6.20 Å². The Morgan fingerprint density at radius 1 is 1.19 bits per heavy atom. The molecule has 0 fully saturated rings. The van der Waals surface area contributed by atoms with Gasteiger partial charge in [-0.25, -0.2) is 4.98 Å². The molecule has 0 aliphatic rings. The van der Waals surface area contributed by atoms with Gasteiger partial charge < -0.3 is 5.32 Å². The van der Waals surface area contributed by atoms with Crippen molar-refractivity contribution in [1.82, 2.24) is 4.98 Å². The predicted molar refractivity (Wildman–Crippen MR) is 71.2 cm³/mol. The van der Waals surface area contributed by atoms with E-state index in [2.05, 4.69) is 26.2 Å². The molecule has 1 heterocycles. The third-order valence-corrected chi connectivity index (χ3v) is 3.08. The van der Waals surface area contributed by atoms with Crippen LogP contribution < -0.4 is 5.32 Å². The highest BCUT2D eigenvalue weighted by Gasteiger charge is 2.00. The average Bonchev–Trinajstić information content (AvgIpc) is 2.33. The van der Waals surface area contributed by atoms with E-state index < -0.39 is 0 Å². The summed E-state index contributed by atoms with van der Waals surface area (Å²) >= 11 is 9.16. The number of halogens is 2. The summed E-state index contributed by atoms with van der Waals surface area (Å²) < 4.78 is 0.941. The molecule has 0 unspecified atom stereocenters. The van der Waals surface area contributed by atoms with E-state index in [4.69, 9.17) is 11.6 Å². The number of alkyl halides is 1. The van der Waals surface area contributed by atoms with Gasteiger partial charge in [-0.05, 0) is 45.8 Å². The molecular weight excluding hydrogens is 288 g/mol. The minimum atomic E-state index is 0.535. The van der Waals surface area contributed by atoms with E-state index in [0.717, 1.165) is 21.5 Å². The summed E-state index contributed by atoms with van der Waals surface area (Å²) in [4.78, 5) is 4.23. The first-order valence-corrected chi connectivity index (χ1v) is 6.15. The van der Waals surface area contributed by atoms with Crippen LogP contribution in [0.1, 0.15) is 5.56 Å². The Bertz CT molecular complexity index is 471. The Hall–Kier alpha value is -1.06. The second-order valence-corrected chi connectivity index (χ2v) is 4.41. The number of aromatic nitrogens is 1. The second kappa shape index (κ2) is 5.32. The molecule has 0 amide bonds. The number of benzene rings is 1. The van der Waals surface area contributed by atoms with Gasteiger partial charge in [-0.3, -0.25) is 0 Å². The lowest BCUT2D eigenvalue weighted by Crippen LogP contribution is -1.94. The highest BCUT2D eigenvalue weighted by molar-refractivity contribution is 9.10. The van der Waals surface area contributed by atoms with Crippen molar-refractivity contribution in [3.05, 3.63) is 52.6 Å². The Labute approximate surface area is 108 Å². The summed E-state index contributed by atoms with van der Waals surface area (Å²) in [7, 11) is 0. The number of nitrogens with zero attached hydrogens (tertiary/aromatic N) is 1. The summed E-state index contributed by atoms with van der Waals surface area (Å²) in [5, 5.41) is 3.22. The van der Waals surface area contributed by atoms with Gasteiger partial charge in [-0.2, -0.15) is 0 Å². The van der Waals surface area contributed by atoms with Crippen molar-refractivity contribution in [2.24, 2.45) is 0 Å². The van der Waals surface area contributed by atoms with Crippen molar-refractivity contribution in [3.63, 3.8) is 0 Å². The van der Waals surface area contributed by atoms with Gasteiger partial charge in [0, 0.05) is 17.8 Å². The minimum absolute atomic E-state index is 0.535. The number of rotatable bonds is 3. The molecule has 2 aromatic rings. The topological polar surface area (TPSA) is 24.9 Å². The van der Waals surface area contributed by atoms with Crippen molar-refractivity contribution in [3.8, 4) is 0 Å². The molecule has 0 saturated heterocycles. The first-order valence-electron chi connectivity index (χ1n) is 4.82. The molecule has 82 valence electrons. The van der Waals surface area contributed by atoms with Crippen LogP contribution in [-0.4, -0.2) is 4.98 Å². The standard InChI is InChI=1S/C12H10BrClN2/c13-11-2-1-7-15-12(11)16-10-5-3-9(8-14)4-6-10/h1-7H,8H2,(H,15,16). The zero-order valence-electron chi connectivity index (χ0n) is 8.45. The Balaban J connectivity index is 2.18. The van der Waals surface area contributed by atoms with Gasteiger partial charge in [0.15, 0.2) is 0 Å². The Morgan fingerprint density at radius 3 is 2.56 bits per heavy atom. The van der Waals surface area contributed by atoms with E-state index in [0.29, 0.717) is 5.88 Å². The average molecular weight is 298 g/mol. The van der Waals surface area contributed by atoms with Crippen LogP contribution in [0.15, 0.2) is 47.1 Å². The van der Waals surface area contributed by atoms with Crippen LogP contribution in [0.25, 0.3) is 0 Å². The van der Waals surface area contributed by atoms with E-state index in [1.165, 1.54) is 0 Å². The molecule has 16 heavy (non-hydrogen) atoms. The largest absolute Gasteiger partial charge is 0.339 e. The molecule has 0 radical (unpaired) electrons.